The molecule has 2 rings (SSSR count). The Kier molecular flexibility index (Phi) is 4.74. The highest BCUT2D eigenvalue weighted by molar-refractivity contribution is 7.89. The third-order valence-corrected chi connectivity index (χ3v) is 4.46. The lowest BCUT2D eigenvalue weighted by molar-refractivity contribution is 0.440. The van der Waals surface area contributed by atoms with E-state index in [-0.39, 0.29) is 10.5 Å². The van der Waals surface area contributed by atoms with Crippen molar-refractivity contribution in [3.8, 4) is 0 Å². The summed E-state index contributed by atoms with van der Waals surface area (Å²) >= 11 is 5.48. The molecule has 2 aromatic rings. The van der Waals surface area contributed by atoms with Crippen molar-refractivity contribution < 1.29 is 26.0 Å². The van der Waals surface area contributed by atoms with Crippen LogP contribution >= 0.6 is 11.6 Å². The van der Waals surface area contributed by atoms with Gasteiger partial charge >= 0.3 is 0 Å². The smallest absolute Gasteiger partial charge is 0.207 e. The quantitative estimate of drug-likeness (QED) is 0.676. The van der Waals surface area contributed by atoms with E-state index in [9.17, 15) is 26.0 Å². The Bertz CT molecular complexity index is 827. The number of hydrogen-bond acceptors (Lipinski definition) is 2. The zero-order chi connectivity index (χ0) is 16.5. The fraction of sp³-hybridized carbons (Fsp3) is 0.0769. The molecule has 2 aromatic carbocycles. The number of rotatable bonds is 4. The van der Waals surface area contributed by atoms with Crippen LogP contribution in [0.15, 0.2) is 35.2 Å². The Hall–Kier alpha value is -1.64. The lowest BCUT2D eigenvalue weighted by Crippen LogP contribution is -2.24. The fourth-order valence-corrected chi connectivity index (χ4v) is 2.88. The van der Waals surface area contributed by atoms with Crippen LogP contribution in [0.2, 0.25) is 5.02 Å². The Balaban J connectivity index is 2.23. The first-order chi connectivity index (χ1) is 10.2. The lowest BCUT2D eigenvalue weighted by atomic mass is 10.2. The van der Waals surface area contributed by atoms with Gasteiger partial charge in [-0.15, -0.1) is 0 Å². The minimum absolute atomic E-state index is 0.345. The first-order valence-corrected chi connectivity index (χ1v) is 7.65. The predicted molar refractivity (Wildman–Crippen MR) is 71.8 cm³/mol. The summed E-state index contributed by atoms with van der Waals surface area (Å²) in [4.78, 5) is -0.345. The molecule has 3 nitrogen and oxygen atoms in total. The second kappa shape index (κ2) is 6.23. The number of sulfonamides is 1. The molecule has 118 valence electrons. The van der Waals surface area contributed by atoms with E-state index in [0.717, 1.165) is 24.3 Å². The van der Waals surface area contributed by atoms with Crippen LogP contribution in [-0.2, 0) is 16.6 Å². The lowest BCUT2D eigenvalue weighted by Gasteiger charge is -2.09. The van der Waals surface area contributed by atoms with E-state index in [1.165, 1.54) is 0 Å². The highest BCUT2D eigenvalue weighted by Gasteiger charge is 2.18. The van der Waals surface area contributed by atoms with E-state index in [0.29, 0.717) is 6.07 Å². The molecule has 0 aliphatic rings. The molecule has 0 unspecified atom stereocenters. The van der Waals surface area contributed by atoms with Gasteiger partial charge in [-0.05, 0) is 24.3 Å². The summed E-state index contributed by atoms with van der Waals surface area (Å²) in [5.41, 5.74) is -0.379. The zero-order valence-corrected chi connectivity index (χ0v) is 12.3. The monoisotopic (exact) mass is 353 g/mol. The van der Waals surface area contributed by atoms with Crippen LogP contribution in [0, 0.1) is 23.3 Å². The minimum atomic E-state index is -4.12. The minimum Gasteiger partial charge on any atom is -0.207 e. The molecule has 22 heavy (non-hydrogen) atoms. The third-order valence-electron chi connectivity index (χ3n) is 2.77. The van der Waals surface area contributed by atoms with Gasteiger partial charge in [-0.25, -0.2) is 30.7 Å². The molecule has 1 N–H and O–H groups in total. The number of halogens is 5. The van der Waals surface area contributed by atoms with E-state index in [4.69, 9.17) is 11.6 Å². The average molecular weight is 354 g/mol. The van der Waals surface area contributed by atoms with E-state index < -0.39 is 44.9 Å². The van der Waals surface area contributed by atoms with Gasteiger partial charge in [0.25, 0.3) is 0 Å². The molecule has 0 amide bonds. The van der Waals surface area contributed by atoms with Crippen molar-refractivity contribution >= 4 is 21.6 Å². The van der Waals surface area contributed by atoms with E-state index >= 15 is 0 Å². The molecule has 0 bridgehead atoms. The van der Waals surface area contributed by atoms with Crippen LogP contribution in [0.4, 0.5) is 17.6 Å². The van der Waals surface area contributed by atoms with Gasteiger partial charge in [0.05, 0.1) is 9.92 Å². The first kappa shape index (κ1) is 16.7. The third kappa shape index (κ3) is 3.40. The largest absolute Gasteiger partial charge is 0.240 e. The summed E-state index contributed by atoms with van der Waals surface area (Å²) in [5, 5.41) is -0.401. The van der Waals surface area contributed by atoms with Crippen molar-refractivity contribution in [3.05, 3.63) is 64.2 Å². The standard InChI is InChI=1S/C13H8ClF4NO2S/c14-9-5-8(2-4-10(9)15)22(20,21)19-6-7-1-3-11(16)13(18)12(7)17/h1-5,19H,6H2. The molecule has 9 heteroatoms. The first-order valence-electron chi connectivity index (χ1n) is 5.79. The Labute approximate surface area is 128 Å². The van der Waals surface area contributed by atoms with Crippen molar-refractivity contribution in [2.24, 2.45) is 0 Å². The summed E-state index contributed by atoms with van der Waals surface area (Å²) in [6.07, 6.45) is 0. The topological polar surface area (TPSA) is 46.2 Å². The van der Waals surface area contributed by atoms with Crippen molar-refractivity contribution in [3.63, 3.8) is 0 Å². The Morgan fingerprint density at radius 1 is 0.955 bits per heavy atom. The Morgan fingerprint density at radius 3 is 2.23 bits per heavy atom. The van der Waals surface area contributed by atoms with Crippen LogP contribution in [-0.4, -0.2) is 8.42 Å². The summed E-state index contributed by atoms with van der Waals surface area (Å²) in [6, 6.07) is 4.28. The summed E-state index contributed by atoms with van der Waals surface area (Å²) in [5.74, 6) is -5.36. The molecule has 0 saturated carbocycles. The van der Waals surface area contributed by atoms with Crippen molar-refractivity contribution in [2.75, 3.05) is 0 Å². The van der Waals surface area contributed by atoms with E-state index in [1.54, 1.807) is 0 Å². The van der Waals surface area contributed by atoms with Gasteiger partial charge < -0.3 is 0 Å². The molecule has 0 saturated heterocycles. The summed E-state index contributed by atoms with van der Waals surface area (Å²) < 4.78 is 78.1. The second-order valence-electron chi connectivity index (χ2n) is 4.23. The average Bonchev–Trinajstić information content (AvgIpc) is 2.47. The van der Waals surface area contributed by atoms with Crippen LogP contribution < -0.4 is 4.72 Å². The molecule has 0 atom stereocenters. The van der Waals surface area contributed by atoms with Crippen LogP contribution in [0.3, 0.4) is 0 Å². The van der Waals surface area contributed by atoms with Crippen LogP contribution in [0.1, 0.15) is 5.56 Å². The van der Waals surface area contributed by atoms with Gasteiger partial charge in [0.2, 0.25) is 10.0 Å². The van der Waals surface area contributed by atoms with Crippen molar-refractivity contribution in [1.82, 2.24) is 4.72 Å². The highest BCUT2D eigenvalue weighted by atomic mass is 35.5. The van der Waals surface area contributed by atoms with Gasteiger partial charge in [-0.1, -0.05) is 17.7 Å². The normalized spacial score (nSPS) is 11.7. The van der Waals surface area contributed by atoms with Crippen LogP contribution in [0.25, 0.3) is 0 Å². The summed E-state index contributed by atoms with van der Waals surface area (Å²) in [7, 11) is -4.12. The molecule has 0 aliphatic carbocycles. The molecule has 0 heterocycles. The second-order valence-corrected chi connectivity index (χ2v) is 6.41. The van der Waals surface area contributed by atoms with E-state index in [2.05, 4.69) is 0 Å². The van der Waals surface area contributed by atoms with Gasteiger partial charge in [0.1, 0.15) is 5.82 Å². The number of nitrogens with one attached hydrogen (secondary N) is 1. The Morgan fingerprint density at radius 2 is 1.59 bits per heavy atom. The zero-order valence-electron chi connectivity index (χ0n) is 10.7. The molecular weight excluding hydrogens is 346 g/mol. The molecule has 0 fully saturated rings. The van der Waals surface area contributed by atoms with Crippen LogP contribution in [0.5, 0.6) is 0 Å². The molecule has 0 radical (unpaired) electrons. The maximum absolute atomic E-state index is 13.4. The molecule has 0 aromatic heterocycles. The van der Waals surface area contributed by atoms with Gasteiger partial charge in [0.15, 0.2) is 17.5 Å². The SMILES string of the molecule is O=S(=O)(NCc1ccc(F)c(F)c1F)c1ccc(F)c(Cl)c1. The number of benzene rings is 2. The number of hydrogen-bond donors (Lipinski definition) is 1. The molecule has 0 spiro atoms. The highest BCUT2D eigenvalue weighted by Crippen LogP contribution is 2.20. The fourth-order valence-electron chi connectivity index (χ4n) is 1.60. The van der Waals surface area contributed by atoms with Gasteiger partial charge in [-0.3, -0.25) is 0 Å². The van der Waals surface area contributed by atoms with Crippen molar-refractivity contribution in [2.45, 2.75) is 11.4 Å². The predicted octanol–water partition coefficient (Wildman–Crippen LogP) is 3.37. The molecule has 0 aliphatic heterocycles. The van der Waals surface area contributed by atoms with Gasteiger partial charge in [-0.2, -0.15) is 0 Å². The maximum atomic E-state index is 13.4. The van der Waals surface area contributed by atoms with E-state index in [1.807, 2.05) is 4.72 Å². The maximum Gasteiger partial charge on any atom is 0.240 e. The summed E-state index contributed by atoms with van der Waals surface area (Å²) in [6.45, 7) is -0.611. The van der Waals surface area contributed by atoms with Gasteiger partial charge in [0, 0.05) is 12.1 Å². The molecular formula is C13H8ClF4NO2S. The van der Waals surface area contributed by atoms with Crippen molar-refractivity contribution in [1.29, 1.82) is 0 Å².